The summed E-state index contributed by atoms with van der Waals surface area (Å²) in [5, 5.41) is 11.6. The van der Waals surface area contributed by atoms with Gasteiger partial charge in [0, 0.05) is 0 Å². The van der Waals surface area contributed by atoms with Crippen molar-refractivity contribution in [3.63, 3.8) is 0 Å². The highest BCUT2D eigenvalue weighted by molar-refractivity contribution is 5.53. The Labute approximate surface area is 132 Å². The van der Waals surface area contributed by atoms with Crippen LogP contribution in [0.2, 0.25) is 0 Å². The molecule has 1 atom stereocenters. The van der Waals surface area contributed by atoms with Crippen molar-refractivity contribution in [2.45, 2.75) is 26.4 Å². The molecule has 0 amide bonds. The Morgan fingerprint density at radius 1 is 1.00 bits per heavy atom. The molecule has 2 aromatic rings. The van der Waals surface area contributed by atoms with E-state index in [1.165, 1.54) is 0 Å². The first kappa shape index (κ1) is 16.4. The second-order valence-electron chi connectivity index (χ2n) is 5.55. The molecule has 0 bridgehead atoms. The van der Waals surface area contributed by atoms with Crippen LogP contribution in [0.5, 0.6) is 11.5 Å². The fourth-order valence-electron chi connectivity index (χ4n) is 2.79. The molecule has 0 radical (unpaired) electrons. The van der Waals surface area contributed by atoms with Gasteiger partial charge in [0.1, 0.15) is 17.1 Å². The van der Waals surface area contributed by atoms with Crippen LogP contribution >= 0.6 is 0 Å². The van der Waals surface area contributed by atoms with Crippen molar-refractivity contribution >= 4 is 0 Å². The minimum absolute atomic E-state index is 0.0505. The Hall–Kier alpha value is -2.00. The Balaban J connectivity index is 2.73. The smallest absolute Gasteiger partial charge is 0.129 e. The molecule has 0 saturated carbocycles. The third-order valence-corrected chi connectivity index (χ3v) is 3.94. The first-order chi connectivity index (χ1) is 10.6. The van der Waals surface area contributed by atoms with Crippen LogP contribution in [-0.2, 0) is 5.60 Å². The molecular formula is C19H24O3. The zero-order valence-corrected chi connectivity index (χ0v) is 13.7. The van der Waals surface area contributed by atoms with Crippen LogP contribution in [0, 0.1) is 5.92 Å². The van der Waals surface area contributed by atoms with E-state index in [0.29, 0.717) is 23.7 Å². The molecule has 3 nitrogen and oxygen atoms in total. The molecule has 22 heavy (non-hydrogen) atoms. The van der Waals surface area contributed by atoms with Gasteiger partial charge >= 0.3 is 0 Å². The van der Waals surface area contributed by atoms with Crippen molar-refractivity contribution in [2.24, 2.45) is 5.92 Å². The maximum Gasteiger partial charge on any atom is 0.129 e. The lowest BCUT2D eigenvalue weighted by Gasteiger charge is -2.35. The van der Waals surface area contributed by atoms with E-state index in [-0.39, 0.29) is 5.92 Å². The largest absolute Gasteiger partial charge is 0.496 e. The molecule has 0 aliphatic rings. The van der Waals surface area contributed by atoms with Gasteiger partial charge in [0.2, 0.25) is 0 Å². The molecular weight excluding hydrogens is 276 g/mol. The molecule has 0 aliphatic heterocycles. The van der Waals surface area contributed by atoms with Gasteiger partial charge in [0.05, 0.1) is 19.3 Å². The topological polar surface area (TPSA) is 38.7 Å². The molecule has 0 aliphatic carbocycles. The molecule has 0 aromatic heterocycles. The van der Waals surface area contributed by atoms with Crippen LogP contribution in [0.1, 0.15) is 31.9 Å². The van der Waals surface area contributed by atoms with Gasteiger partial charge in [-0.2, -0.15) is 0 Å². The van der Waals surface area contributed by atoms with E-state index in [1.54, 1.807) is 7.11 Å². The third-order valence-electron chi connectivity index (χ3n) is 3.94. The average Bonchev–Trinajstić information content (AvgIpc) is 2.54. The summed E-state index contributed by atoms with van der Waals surface area (Å²) in [5.74, 6) is 1.23. The molecule has 118 valence electrons. The van der Waals surface area contributed by atoms with Gasteiger partial charge in [-0.15, -0.1) is 0 Å². The van der Waals surface area contributed by atoms with E-state index in [9.17, 15) is 5.11 Å². The highest BCUT2D eigenvalue weighted by Gasteiger charge is 2.40. The van der Waals surface area contributed by atoms with Gasteiger partial charge in [-0.05, 0) is 30.5 Å². The number of aliphatic hydroxyl groups is 1. The quantitative estimate of drug-likeness (QED) is 0.877. The molecule has 3 heteroatoms. The SMILES string of the molecule is CCOc1cccc(OC)c1C(O)(c1ccccc1)C(C)C. The lowest BCUT2D eigenvalue weighted by Crippen LogP contribution is -2.34. The summed E-state index contributed by atoms with van der Waals surface area (Å²) in [6.45, 7) is 6.45. The normalized spacial score (nSPS) is 13.7. The van der Waals surface area contributed by atoms with E-state index < -0.39 is 5.60 Å². The summed E-state index contributed by atoms with van der Waals surface area (Å²) in [6, 6.07) is 15.3. The lowest BCUT2D eigenvalue weighted by atomic mass is 9.77. The Kier molecular flexibility index (Phi) is 5.09. The van der Waals surface area contributed by atoms with Gasteiger partial charge in [0.15, 0.2) is 0 Å². The maximum atomic E-state index is 11.6. The van der Waals surface area contributed by atoms with Crippen LogP contribution in [0.15, 0.2) is 48.5 Å². The van der Waals surface area contributed by atoms with Crippen LogP contribution in [0.4, 0.5) is 0 Å². The predicted octanol–water partition coefficient (Wildman–Crippen LogP) is 3.99. The van der Waals surface area contributed by atoms with Gasteiger partial charge in [-0.1, -0.05) is 50.2 Å². The van der Waals surface area contributed by atoms with Crippen LogP contribution < -0.4 is 9.47 Å². The van der Waals surface area contributed by atoms with Crippen molar-refractivity contribution in [2.75, 3.05) is 13.7 Å². The first-order valence-electron chi connectivity index (χ1n) is 7.63. The molecule has 2 aromatic carbocycles. The number of hydrogen-bond donors (Lipinski definition) is 1. The van der Waals surface area contributed by atoms with E-state index in [0.717, 1.165) is 5.56 Å². The summed E-state index contributed by atoms with van der Waals surface area (Å²) >= 11 is 0. The summed E-state index contributed by atoms with van der Waals surface area (Å²) in [6.07, 6.45) is 0. The Morgan fingerprint density at radius 2 is 1.64 bits per heavy atom. The Morgan fingerprint density at radius 3 is 2.18 bits per heavy atom. The van der Waals surface area contributed by atoms with Crippen molar-refractivity contribution in [3.05, 3.63) is 59.7 Å². The molecule has 0 saturated heterocycles. The minimum atomic E-state index is -1.18. The number of ether oxygens (including phenoxy) is 2. The van der Waals surface area contributed by atoms with Crippen molar-refractivity contribution < 1.29 is 14.6 Å². The standard InChI is InChI=1S/C19H24O3/c1-5-22-17-13-9-12-16(21-4)18(17)19(20,14(2)3)15-10-7-6-8-11-15/h6-14,20H,5H2,1-4H3. The van der Waals surface area contributed by atoms with Gasteiger partial charge < -0.3 is 14.6 Å². The Bertz CT molecular complexity index is 607. The summed E-state index contributed by atoms with van der Waals surface area (Å²) in [7, 11) is 1.61. The van der Waals surface area contributed by atoms with Crippen LogP contribution in [-0.4, -0.2) is 18.8 Å². The number of benzene rings is 2. The van der Waals surface area contributed by atoms with Crippen LogP contribution in [0.25, 0.3) is 0 Å². The van der Waals surface area contributed by atoms with E-state index >= 15 is 0 Å². The molecule has 0 spiro atoms. The summed E-state index contributed by atoms with van der Waals surface area (Å²) in [4.78, 5) is 0. The molecule has 0 fully saturated rings. The third kappa shape index (κ3) is 2.81. The second-order valence-corrected chi connectivity index (χ2v) is 5.55. The number of rotatable bonds is 6. The highest BCUT2D eigenvalue weighted by Crippen LogP contribution is 2.45. The lowest BCUT2D eigenvalue weighted by molar-refractivity contribution is 0.0266. The maximum absolute atomic E-state index is 11.6. The second kappa shape index (κ2) is 6.84. The number of hydrogen-bond acceptors (Lipinski definition) is 3. The molecule has 1 unspecified atom stereocenters. The van der Waals surface area contributed by atoms with E-state index in [2.05, 4.69) is 0 Å². The zero-order chi connectivity index (χ0) is 16.2. The highest BCUT2D eigenvalue weighted by atomic mass is 16.5. The average molecular weight is 300 g/mol. The minimum Gasteiger partial charge on any atom is -0.496 e. The van der Waals surface area contributed by atoms with Crippen LogP contribution in [0.3, 0.4) is 0 Å². The fraction of sp³-hybridized carbons (Fsp3) is 0.368. The van der Waals surface area contributed by atoms with Gasteiger partial charge in [-0.25, -0.2) is 0 Å². The summed E-state index contributed by atoms with van der Waals surface area (Å²) < 4.78 is 11.3. The van der Waals surface area contributed by atoms with Crippen molar-refractivity contribution in [1.29, 1.82) is 0 Å². The van der Waals surface area contributed by atoms with Gasteiger partial charge in [0.25, 0.3) is 0 Å². The first-order valence-corrected chi connectivity index (χ1v) is 7.63. The predicted molar refractivity (Wildman–Crippen MR) is 88.4 cm³/mol. The fourth-order valence-corrected chi connectivity index (χ4v) is 2.79. The molecule has 1 N–H and O–H groups in total. The van der Waals surface area contributed by atoms with Crippen molar-refractivity contribution in [1.82, 2.24) is 0 Å². The van der Waals surface area contributed by atoms with Gasteiger partial charge in [-0.3, -0.25) is 0 Å². The molecule has 2 rings (SSSR count). The monoisotopic (exact) mass is 300 g/mol. The molecule has 0 heterocycles. The summed E-state index contributed by atoms with van der Waals surface area (Å²) in [5.41, 5.74) is 0.328. The van der Waals surface area contributed by atoms with E-state index in [4.69, 9.17) is 9.47 Å². The van der Waals surface area contributed by atoms with E-state index in [1.807, 2.05) is 69.3 Å². The number of methoxy groups -OCH3 is 1. The van der Waals surface area contributed by atoms with Crippen molar-refractivity contribution in [3.8, 4) is 11.5 Å². The zero-order valence-electron chi connectivity index (χ0n) is 13.7.